The summed E-state index contributed by atoms with van der Waals surface area (Å²) in [7, 11) is 0. The SMILES string of the molecule is Cc1cn(CCN2CCNCC2)nc1[N+](=O)[O-]. The van der Waals surface area contributed by atoms with E-state index in [0.717, 1.165) is 32.7 Å². The summed E-state index contributed by atoms with van der Waals surface area (Å²) in [6.45, 7) is 7.39. The quantitative estimate of drug-likeness (QED) is 0.591. The first-order valence-electron chi connectivity index (χ1n) is 5.78. The third-order valence-corrected chi connectivity index (χ3v) is 2.95. The highest BCUT2D eigenvalue weighted by Crippen LogP contribution is 2.13. The Bertz CT molecular complexity index is 397. The Morgan fingerprint density at radius 1 is 1.47 bits per heavy atom. The summed E-state index contributed by atoms with van der Waals surface area (Å²) < 4.78 is 1.66. The zero-order valence-corrected chi connectivity index (χ0v) is 9.93. The third kappa shape index (κ3) is 3.01. The van der Waals surface area contributed by atoms with E-state index in [4.69, 9.17) is 0 Å². The topological polar surface area (TPSA) is 76.2 Å². The fourth-order valence-corrected chi connectivity index (χ4v) is 1.98. The molecule has 2 heterocycles. The zero-order valence-electron chi connectivity index (χ0n) is 9.93. The summed E-state index contributed by atoms with van der Waals surface area (Å²) in [5.41, 5.74) is 0.621. The maximum Gasteiger partial charge on any atom is 0.392 e. The van der Waals surface area contributed by atoms with E-state index in [1.165, 1.54) is 0 Å². The molecule has 0 bridgehead atoms. The average molecular weight is 239 g/mol. The van der Waals surface area contributed by atoms with Crippen molar-refractivity contribution in [1.29, 1.82) is 0 Å². The van der Waals surface area contributed by atoms with Crippen LogP contribution in [0.5, 0.6) is 0 Å². The van der Waals surface area contributed by atoms with Gasteiger partial charge < -0.3 is 15.4 Å². The molecular formula is C10H17N5O2. The highest BCUT2D eigenvalue weighted by Gasteiger charge is 2.17. The summed E-state index contributed by atoms with van der Waals surface area (Å²) >= 11 is 0. The molecule has 1 aromatic rings. The van der Waals surface area contributed by atoms with Crippen molar-refractivity contribution in [2.45, 2.75) is 13.5 Å². The molecule has 1 aliphatic rings. The van der Waals surface area contributed by atoms with Crippen LogP contribution >= 0.6 is 0 Å². The predicted molar refractivity (Wildman–Crippen MR) is 62.9 cm³/mol. The molecule has 0 aromatic carbocycles. The van der Waals surface area contributed by atoms with Gasteiger partial charge in [0.2, 0.25) is 0 Å². The van der Waals surface area contributed by atoms with Crippen molar-refractivity contribution in [1.82, 2.24) is 20.0 Å². The van der Waals surface area contributed by atoms with Gasteiger partial charge in [-0.15, -0.1) is 0 Å². The van der Waals surface area contributed by atoms with Crippen LogP contribution < -0.4 is 5.32 Å². The monoisotopic (exact) mass is 239 g/mol. The maximum absolute atomic E-state index is 10.7. The Hall–Kier alpha value is -1.47. The van der Waals surface area contributed by atoms with Gasteiger partial charge in [0, 0.05) is 32.7 Å². The van der Waals surface area contributed by atoms with Gasteiger partial charge in [-0.2, -0.15) is 4.68 Å². The fraction of sp³-hybridized carbons (Fsp3) is 0.700. The van der Waals surface area contributed by atoms with Crippen LogP contribution in [0.2, 0.25) is 0 Å². The van der Waals surface area contributed by atoms with Gasteiger partial charge in [-0.25, -0.2) is 0 Å². The fourth-order valence-electron chi connectivity index (χ4n) is 1.98. The lowest BCUT2D eigenvalue weighted by Gasteiger charge is -2.26. The maximum atomic E-state index is 10.7. The van der Waals surface area contributed by atoms with E-state index in [1.54, 1.807) is 17.8 Å². The molecule has 17 heavy (non-hydrogen) atoms. The smallest absolute Gasteiger partial charge is 0.358 e. The van der Waals surface area contributed by atoms with Crippen molar-refractivity contribution < 1.29 is 4.92 Å². The molecule has 0 radical (unpaired) electrons. The van der Waals surface area contributed by atoms with Crippen molar-refractivity contribution in [3.8, 4) is 0 Å². The molecule has 1 aromatic heterocycles. The Labute approximate surface area is 99.6 Å². The van der Waals surface area contributed by atoms with Crippen molar-refractivity contribution in [2.75, 3.05) is 32.7 Å². The van der Waals surface area contributed by atoms with Crippen LogP contribution in [0.4, 0.5) is 5.82 Å². The number of piperazine rings is 1. The van der Waals surface area contributed by atoms with Crippen LogP contribution in [-0.2, 0) is 6.54 Å². The molecule has 1 aliphatic heterocycles. The van der Waals surface area contributed by atoms with Gasteiger partial charge in [-0.05, 0) is 11.8 Å². The minimum absolute atomic E-state index is 0.0367. The molecule has 0 saturated carbocycles. The van der Waals surface area contributed by atoms with E-state index in [9.17, 15) is 10.1 Å². The molecule has 1 saturated heterocycles. The van der Waals surface area contributed by atoms with Crippen LogP contribution in [0.3, 0.4) is 0 Å². The summed E-state index contributed by atoms with van der Waals surface area (Å²) in [5, 5.41) is 17.9. The van der Waals surface area contributed by atoms with Gasteiger partial charge in [0.05, 0.1) is 23.4 Å². The number of rotatable bonds is 4. The van der Waals surface area contributed by atoms with E-state index < -0.39 is 4.92 Å². The summed E-state index contributed by atoms with van der Waals surface area (Å²) in [6, 6.07) is 0. The van der Waals surface area contributed by atoms with Crippen LogP contribution in [0.15, 0.2) is 6.20 Å². The minimum Gasteiger partial charge on any atom is -0.358 e. The first-order chi connectivity index (χ1) is 8.16. The second-order valence-electron chi connectivity index (χ2n) is 4.25. The minimum atomic E-state index is -0.434. The van der Waals surface area contributed by atoms with Gasteiger partial charge >= 0.3 is 5.82 Å². The summed E-state index contributed by atoms with van der Waals surface area (Å²) in [5.74, 6) is -0.0367. The van der Waals surface area contributed by atoms with Crippen LogP contribution in [0.1, 0.15) is 5.56 Å². The lowest BCUT2D eigenvalue weighted by Crippen LogP contribution is -2.44. The lowest BCUT2D eigenvalue weighted by atomic mass is 10.3. The average Bonchev–Trinajstić information content (AvgIpc) is 2.69. The number of nitrogens with one attached hydrogen (secondary N) is 1. The molecule has 0 unspecified atom stereocenters. The Morgan fingerprint density at radius 2 is 2.18 bits per heavy atom. The van der Waals surface area contributed by atoms with Gasteiger partial charge in [-0.1, -0.05) is 0 Å². The van der Waals surface area contributed by atoms with Crippen LogP contribution in [0, 0.1) is 17.0 Å². The first-order valence-corrected chi connectivity index (χ1v) is 5.78. The number of hydrogen-bond acceptors (Lipinski definition) is 5. The number of aryl methyl sites for hydroxylation is 1. The molecule has 7 nitrogen and oxygen atoms in total. The molecule has 0 amide bonds. The Morgan fingerprint density at radius 3 is 2.76 bits per heavy atom. The molecule has 1 fully saturated rings. The van der Waals surface area contributed by atoms with Crippen LogP contribution in [-0.4, -0.2) is 52.3 Å². The first kappa shape index (κ1) is 12.0. The van der Waals surface area contributed by atoms with Crippen molar-refractivity contribution in [3.05, 3.63) is 21.9 Å². The Balaban J connectivity index is 1.90. The normalized spacial score (nSPS) is 17.2. The third-order valence-electron chi connectivity index (χ3n) is 2.95. The molecule has 94 valence electrons. The molecule has 2 rings (SSSR count). The number of nitro groups is 1. The number of aromatic nitrogens is 2. The van der Waals surface area contributed by atoms with Crippen molar-refractivity contribution in [2.24, 2.45) is 0 Å². The van der Waals surface area contributed by atoms with Gasteiger partial charge in [-0.3, -0.25) is 4.90 Å². The van der Waals surface area contributed by atoms with E-state index in [-0.39, 0.29) is 5.82 Å². The van der Waals surface area contributed by atoms with Crippen molar-refractivity contribution >= 4 is 5.82 Å². The second-order valence-corrected chi connectivity index (χ2v) is 4.25. The summed E-state index contributed by atoms with van der Waals surface area (Å²) in [6.07, 6.45) is 1.74. The van der Waals surface area contributed by atoms with E-state index >= 15 is 0 Å². The van der Waals surface area contributed by atoms with Gasteiger partial charge in [0.15, 0.2) is 0 Å². The molecule has 0 aliphatic carbocycles. The van der Waals surface area contributed by atoms with Gasteiger partial charge in [0.25, 0.3) is 0 Å². The second kappa shape index (κ2) is 5.24. The van der Waals surface area contributed by atoms with Crippen molar-refractivity contribution in [3.63, 3.8) is 0 Å². The van der Waals surface area contributed by atoms with Gasteiger partial charge in [0.1, 0.15) is 0 Å². The van der Waals surface area contributed by atoms with E-state index in [2.05, 4.69) is 15.3 Å². The Kier molecular flexibility index (Phi) is 3.70. The molecule has 7 heteroatoms. The summed E-state index contributed by atoms with van der Waals surface area (Å²) in [4.78, 5) is 12.6. The standard InChI is InChI=1S/C10H17N5O2/c1-9-8-14(12-10(9)15(16)17)7-6-13-4-2-11-3-5-13/h8,11H,2-7H2,1H3. The highest BCUT2D eigenvalue weighted by atomic mass is 16.6. The van der Waals surface area contributed by atoms with Crippen LogP contribution in [0.25, 0.3) is 0 Å². The molecule has 0 atom stereocenters. The molecular weight excluding hydrogens is 222 g/mol. The van der Waals surface area contributed by atoms with E-state index in [1.807, 2.05) is 0 Å². The zero-order chi connectivity index (χ0) is 12.3. The number of nitrogens with zero attached hydrogens (tertiary/aromatic N) is 4. The molecule has 1 N–H and O–H groups in total. The lowest BCUT2D eigenvalue weighted by molar-refractivity contribution is -0.390. The predicted octanol–water partition coefficient (Wildman–Crippen LogP) is 0.00492. The number of hydrogen-bond donors (Lipinski definition) is 1. The highest BCUT2D eigenvalue weighted by molar-refractivity contribution is 5.27. The van der Waals surface area contributed by atoms with E-state index in [0.29, 0.717) is 12.1 Å². The largest absolute Gasteiger partial charge is 0.392 e. The molecule has 0 spiro atoms.